The molecule has 0 radical (unpaired) electrons. The Labute approximate surface area is 178 Å². The number of oxazole rings is 1. The molecule has 1 N–H and O–H groups in total. The molecule has 0 aliphatic carbocycles. The molecule has 0 aliphatic heterocycles. The van der Waals surface area contributed by atoms with E-state index in [2.05, 4.69) is 20.4 Å². The van der Waals surface area contributed by atoms with Crippen LogP contribution in [0.4, 0.5) is 0 Å². The van der Waals surface area contributed by atoms with Crippen molar-refractivity contribution in [3.8, 4) is 11.3 Å². The third-order valence-electron chi connectivity index (χ3n) is 4.49. The van der Waals surface area contributed by atoms with Crippen LogP contribution in [0.3, 0.4) is 0 Å². The van der Waals surface area contributed by atoms with Crippen LogP contribution in [-0.4, -0.2) is 21.0 Å². The number of nitrogens with zero attached hydrogens (tertiary/aromatic N) is 3. The van der Waals surface area contributed by atoms with Crippen molar-refractivity contribution in [1.82, 2.24) is 20.4 Å². The highest BCUT2D eigenvalue weighted by molar-refractivity contribution is 6.33. The smallest absolute Gasteiger partial charge is 0.253 e. The Hall–Kier alpha value is -3.45. The quantitative estimate of drug-likeness (QED) is 0.470. The van der Waals surface area contributed by atoms with E-state index in [4.69, 9.17) is 20.5 Å². The lowest BCUT2D eigenvalue weighted by Crippen LogP contribution is -2.29. The molecule has 2 aromatic carbocycles. The molecule has 0 fully saturated rings. The lowest BCUT2D eigenvalue weighted by Gasteiger charge is -2.15. The minimum absolute atomic E-state index is 0.183. The lowest BCUT2D eigenvalue weighted by molar-refractivity contribution is -0.121. The van der Waals surface area contributed by atoms with E-state index in [1.165, 1.54) is 0 Å². The maximum atomic E-state index is 12.6. The lowest BCUT2D eigenvalue weighted by atomic mass is 10.1. The first kappa shape index (κ1) is 19.8. The molecule has 152 valence electrons. The van der Waals surface area contributed by atoms with Gasteiger partial charge < -0.3 is 14.3 Å². The fraction of sp³-hybridized carbons (Fsp3) is 0.182. The molecule has 0 saturated carbocycles. The van der Waals surface area contributed by atoms with Crippen LogP contribution in [0.2, 0.25) is 5.02 Å². The number of aryl methyl sites for hydroxylation is 2. The average Bonchev–Trinajstić information content (AvgIpc) is 3.40. The predicted molar refractivity (Wildman–Crippen MR) is 111 cm³/mol. The van der Waals surface area contributed by atoms with Gasteiger partial charge in [-0.1, -0.05) is 59.2 Å². The summed E-state index contributed by atoms with van der Waals surface area (Å²) < 4.78 is 11.1. The molecule has 4 rings (SSSR count). The van der Waals surface area contributed by atoms with Gasteiger partial charge in [0.1, 0.15) is 6.04 Å². The summed E-state index contributed by atoms with van der Waals surface area (Å²) >= 11 is 6.20. The molecule has 2 aromatic heterocycles. The Balaban J connectivity index is 1.43. The number of amides is 1. The van der Waals surface area contributed by atoms with Gasteiger partial charge in [-0.05, 0) is 24.6 Å². The van der Waals surface area contributed by atoms with Gasteiger partial charge in [-0.3, -0.25) is 4.79 Å². The monoisotopic (exact) mass is 422 g/mol. The van der Waals surface area contributed by atoms with E-state index in [1.807, 2.05) is 48.5 Å². The van der Waals surface area contributed by atoms with Crippen molar-refractivity contribution >= 4 is 17.5 Å². The molecule has 1 atom stereocenters. The molecule has 1 amide bonds. The van der Waals surface area contributed by atoms with E-state index in [9.17, 15) is 4.79 Å². The highest BCUT2D eigenvalue weighted by atomic mass is 35.5. The Morgan fingerprint density at radius 2 is 1.90 bits per heavy atom. The number of carbonyl (C=O) groups excluding carboxylic acids is 1. The molecular formula is C22H19ClN4O3. The molecule has 7 nitrogen and oxygen atoms in total. The molecule has 30 heavy (non-hydrogen) atoms. The van der Waals surface area contributed by atoms with Crippen LogP contribution in [0.25, 0.3) is 11.3 Å². The van der Waals surface area contributed by atoms with E-state index in [0.717, 1.165) is 11.1 Å². The molecule has 8 heteroatoms. The molecule has 4 aromatic rings. The van der Waals surface area contributed by atoms with Crippen molar-refractivity contribution in [3.05, 3.63) is 89.0 Å². The predicted octanol–water partition coefficient (Wildman–Crippen LogP) is 4.52. The van der Waals surface area contributed by atoms with Crippen LogP contribution in [0.5, 0.6) is 0 Å². The summed E-state index contributed by atoms with van der Waals surface area (Å²) in [6, 6.07) is 16.3. The normalized spacial score (nSPS) is 11.9. The largest absolute Gasteiger partial charge is 0.441 e. The van der Waals surface area contributed by atoms with Gasteiger partial charge in [0.2, 0.25) is 5.91 Å². The van der Waals surface area contributed by atoms with Crippen LogP contribution >= 0.6 is 11.6 Å². The first-order chi connectivity index (χ1) is 14.6. The number of nitrogens with one attached hydrogen (secondary N) is 1. The van der Waals surface area contributed by atoms with E-state index in [-0.39, 0.29) is 12.3 Å². The Kier molecular flexibility index (Phi) is 5.90. The second-order valence-corrected chi connectivity index (χ2v) is 7.10. The third-order valence-corrected chi connectivity index (χ3v) is 4.82. The molecule has 0 spiro atoms. The summed E-state index contributed by atoms with van der Waals surface area (Å²) in [6.07, 6.45) is 2.15. The van der Waals surface area contributed by atoms with Gasteiger partial charge in [-0.15, -0.1) is 0 Å². The van der Waals surface area contributed by atoms with Crippen LogP contribution in [0, 0.1) is 6.92 Å². The van der Waals surface area contributed by atoms with Gasteiger partial charge in [0.25, 0.3) is 5.89 Å². The van der Waals surface area contributed by atoms with Gasteiger partial charge in [-0.2, -0.15) is 4.98 Å². The van der Waals surface area contributed by atoms with Crippen LogP contribution in [0.15, 0.2) is 69.7 Å². The van der Waals surface area contributed by atoms with Crippen molar-refractivity contribution in [3.63, 3.8) is 0 Å². The van der Waals surface area contributed by atoms with Crippen molar-refractivity contribution < 1.29 is 13.7 Å². The highest BCUT2D eigenvalue weighted by Crippen LogP contribution is 2.28. The van der Waals surface area contributed by atoms with Gasteiger partial charge in [0.15, 0.2) is 17.5 Å². The van der Waals surface area contributed by atoms with E-state index in [0.29, 0.717) is 34.8 Å². The standard InChI is InChI=1S/C22H19ClN4O3/c1-14-25-22(30-27-14)21(15-7-3-2-4-8-15)26-19(28)11-12-20-24-13-18(29-20)16-9-5-6-10-17(16)23/h2-10,13,21H,11-12H2,1H3,(H,26,28)/t21-/m1/s1. The van der Waals surface area contributed by atoms with Gasteiger partial charge in [0, 0.05) is 18.4 Å². The number of carbonyl (C=O) groups is 1. The second-order valence-electron chi connectivity index (χ2n) is 6.69. The SMILES string of the molecule is Cc1noc([C@H](NC(=O)CCc2ncc(-c3ccccc3Cl)o2)c2ccccc2)n1. The van der Waals surface area contributed by atoms with Crippen molar-refractivity contribution in [2.75, 3.05) is 0 Å². The van der Waals surface area contributed by atoms with E-state index < -0.39 is 6.04 Å². The summed E-state index contributed by atoms with van der Waals surface area (Å²) in [7, 11) is 0. The zero-order valence-corrected chi connectivity index (χ0v) is 17.0. The first-order valence-corrected chi connectivity index (χ1v) is 9.82. The summed E-state index contributed by atoms with van der Waals surface area (Å²) in [6.45, 7) is 1.73. The highest BCUT2D eigenvalue weighted by Gasteiger charge is 2.22. The van der Waals surface area contributed by atoms with Crippen LogP contribution in [-0.2, 0) is 11.2 Å². The van der Waals surface area contributed by atoms with Gasteiger partial charge in [-0.25, -0.2) is 4.98 Å². The number of hydrogen-bond donors (Lipinski definition) is 1. The minimum Gasteiger partial charge on any atom is -0.441 e. The molecule has 0 aliphatic rings. The van der Waals surface area contributed by atoms with Crippen molar-refractivity contribution in [1.29, 1.82) is 0 Å². The van der Waals surface area contributed by atoms with E-state index >= 15 is 0 Å². The van der Waals surface area contributed by atoms with Gasteiger partial charge in [0.05, 0.1) is 11.2 Å². The number of halogens is 1. The van der Waals surface area contributed by atoms with Crippen LogP contribution in [0.1, 0.15) is 35.6 Å². The number of hydrogen-bond acceptors (Lipinski definition) is 6. The molecule has 2 heterocycles. The van der Waals surface area contributed by atoms with E-state index in [1.54, 1.807) is 19.2 Å². The Morgan fingerprint density at radius 1 is 1.13 bits per heavy atom. The van der Waals surface area contributed by atoms with Crippen LogP contribution < -0.4 is 5.32 Å². The molecule has 0 bridgehead atoms. The third kappa shape index (κ3) is 4.58. The maximum absolute atomic E-state index is 12.6. The average molecular weight is 423 g/mol. The number of aromatic nitrogens is 3. The topological polar surface area (TPSA) is 94.1 Å². The zero-order chi connectivity index (χ0) is 20.9. The molecular weight excluding hydrogens is 404 g/mol. The van der Waals surface area contributed by atoms with Crippen molar-refractivity contribution in [2.45, 2.75) is 25.8 Å². The Morgan fingerprint density at radius 3 is 2.63 bits per heavy atom. The zero-order valence-electron chi connectivity index (χ0n) is 16.2. The fourth-order valence-electron chi connectivity index (χ4n) is 3.03. The minimum atomic E-state index is -0.525. The molecule has 0 saturated heterocycles. The summed E-state index contributed by atoms with van der Waals surface area (Å²) in [5.41, 5.74) is 1.62. The van der Waals surface area contributed by atoms with Gasteiger partial charge >= 0.3 is 0 Å². The summed E-state index contributed by atoms with van der Waals surface area (Å²) in [4.78, 5) is 21.1. The summed E-state index contributed by atoms with van der Waals surface area (Å²) in [5.74, 6) is 1.69. The second kappa shape index (κ2) is 8.92. The Bertz CT molecular complexity index is 1140. The van der Waals surface area contributed by atoms with Crippen molar-refractivity contribution in [2.24, 2.45) is 0 Å². The fourth-order valence-corrected chi connectivity index (χ4v) is 3.26. The number of rotatable bonds is 7. The summed E-state index contributed by atoms with van der Waals surface area (Å²) in [5, 5.41) is 7.37. The maximum Gasteiger partial charge on any atom is 0.253 e. The number of benzene rings is 2. The first-order valence-electron chi connectivity index (χ1n) is 9.44. The molecule has 0 unspecified atom stereocenters.